The van der Waals surface area contributed by atoms with Crippen LogP contribution in [-0.4, -0.2) is 40.0 Å². The lowest BCUT2D eigenvalue weighted by Gasteiger charge is -2.35. The van der Waals surface area contributed by atoms with Crippen LogP contribution in [0.25, 0.3) is 10.8 Å². The van der Waals surface area contributed by atoms with Gasteiger partial charge in [-0.2, -0.15) is 0 Å². The number of aromatic nitrogens is 3. The van der Waals surface area contributed by atoms with E-state index in [-0.39, 0.29) is 23.4 Å². The fourth-order valence-corrected chi connectivity index (χ4v) is 4.36. The topological polar surface area (TPSA) is 80.2 Å². The summed E-state index contributed by atoms with van der Waals surface area (Å²) < 4.78 is 20.8. The maximum Gasteiger partial charge on any atom is 0.321 e. The lowest BCUT2D eigenvalue weighted by Crippen LogP contribution is -2.49. The molecule has 0 spiro atoms. The van der Waals surface area contributed by atoms with Crippen molar-refractivity contribution in [2.24, 2.45) is 0 Å². The molecule has 1 aliphatic heterocycles. The van der Waals surface area contributed by atoms with Crippen molar-refractivity contribution < 1.29 is 13.9 Å². The second-order valence-electron chi connectivity index (χ2n) is 8.26. The summed E-state index contributed by atoms with van der Waals surface area (Å²) in [7, 11) is 0. The van der Waals surface area contributed by atoms with Gasteiger partial charge in [0.15, 0.2) is 0 Å². The summed E-state index contributed by atoms with van der Waals surface area (Å²) in [5, 5.41) is 5.23. The zero-order valence-corrected chi connectivity index (χ0v) is 18.7. The molecule has 7 nitrogen and oxygen atoms in total. The first-order valence-corrected chi connectivity index (χ1v) is 11.2. The van der Waals surface area contributed by atoms with Gasteiger partial charge >= 0.3 is 6.01 Å². The summed E-state index contributed by atoms with van der Waals surface area (Å²) in [6, 6.07) is 13.7. The number of hydrogen-bond donors (Lipinski definition) is 1. The molecule has 0 bridgehead atoms. The van der Waals surface area contributed by atoms with Crippen molar-refractivity contribution in [1.82, 2.24) is 20.3 Å². The van der Waals surface area contributed by atoms with Gasteiger partial charge in [0.05, 0.1) is 11.6 Å². The second kappa shape index (κ2) is 9.52. The van der Waals surface area contributed by atoms with Gasteiger partial charge in [0.25, 0.3) is 5.91 Å². The average molecular weight is 458 g/mol. The highest BCUT2D eigenvalue weighted by Gasteiger charge is 2.31. The summed E-state index contributed by atoms with van der Waals surface area (Å²) >= 11 is 0. The van der Waals surface area contributed by atoms with E-state index >= 15 is 4.39 Å². The van der Waals surface area contributed by atoms with Crippen molar-refractivity contribution in [3.63, 3.8) is 0 Å². The Labute approximate surface area is 196 Å². The van der Waals surface area contributed by atoms with E-state index in [1.165, 1.54) is 24.5 Å². The molecule has 0 aliphatic carbocycles. The highest BCUT2D eigenvalue weighted by molar-refractivity contribution is 6.11. The Morgan fingerprint density at radius 1 is 1.09 bits per heavy atom. The number of halogens is 1. The summed E-state index contributed by atoms with van der Waals surface area (Å²) in [5.74, 6) is -0.349. The second-order valence-corrected chi connectivity index (χ2v) is 8.26. The average Bonchev–Trinajstić information content (AvgIpc) is 2.86. The number of nitrogens with zero attached hydrogens (tertiary/aromatic N) is 4. The molecule has 34 heavy (non-hydrogen) atoms. The largest absolute Gasteiger partial charge is 0.424 e. The van der Waals surface area contributed by atoms with Gasteiger partial charge in [0, 0.05) is 36.6 Å². The Hall–Kier alpha value is -3.91. The van der Waals surface area contributed by atoms with Gasteiger partial charge in [-0.25, -0.2) is 19.3 Å². The summed E-state index contributed by atoms with van der Waals surface area (Å²) in [5.41, 5.74) is 0.966. The number of carbonyl (C=O) groups is 1. The van der Waals surface area contributed by atoms with Crippen LogP contribution in [0.2, 0.25) is 0 Å². The number of pyridine rings is 1. The van der Waals surface area contributed by atoms with Crippen LogP contribution in [0.4, 0.5) is 10.2 Å². The van der Waals surface area contributed by atoms with Crippen LogP contribution in [0.1, 0.15) is 28.8 Å². The van der Waals surface area contributed by atoms with Crippen molar-refractivity contribution in [3.8, 4) is 11.8 Å². The van der Waals surface area contributed by atoms with Crippen LogP contribution >= 0.6 is 0 Å². The number of piperidine rings is 1. The lowest BCUT2D eigenvalue weighted by atomic mass is 10.0. The summed E-state index contributed by atoms with van der Waals surface area (Å²) in [6.07, 6.45) is 6.49. The van der Waals surface area contributed by atoms with E-state index in [4.69, 9.17) is 4.74 Å². The molecule has 1 unspecified atom stereocenters. The zero-order chi connectivity index (χ0) is 23.5. The molecule has 172 valence electrons. The molecule has 8 heteroatoms. The minimum Gasteiger partial charge on any atom is -0.424 e. The molecule has 2 aromatic carbocycles. The van der Waals surface area contributed by atoms with E-state index in [0.717, 1.165) is 35.7 Å². The molecular formula is C26H24FN5O2. The standard InChI is InChI=1S/C26H24FN5O2/c1-17-5-2-6-18-10-14-29-24(23(17)18)32(19-7-3-11-28-16-19)25(33)21-9-8-20(15-22(21)27)34-26-30-12-4-13-31-26/h2,4-6,8-10,12-15,19,28H,3,7,11,16H2,1H3. The number of aryl methyl sites for hydroxylation is 1. The van der Waals surface area contributed by atoms with E-state index in [9.17, 15) is 4.79 Å². The Morgan fingerprint density at radius 2 is 1.94 bits per heavy atom. The fraction of sp³-hybridized carbons (Fsp3) is 0.231. The summed E-state index contributed by atoms with van der Waals surface area (Å²) in [6.45, 7) is 3.50. The quantitative estimate of drug-likeness (QED) is 0.469. The molecular weight excluding hydrogens is 433 g/mol. The van der Waals surface area contributed by atoms with E-state index in [1.807, 2.05) is 31.2 Å². The Kier molecular flexibility index (Phi) is 6.14. The number of hydrogen-bond acceptors (Lipinski definition) is 6. The SMILES string of the molecule is Cc1cccc2ccnc(N(C(=O)c3ccc(Oc4ncccn4)cc3F)C3CCCNC3)c12. The number of rotatable bonds is 5. The van der Waals surface area contributed by atoms with Gasteiger partial charge < -0.3 is 10.1 Å². The summed E-state index contributed by atoms with van der Waals surface area (Å²) in [4.78, 5) is 28.1. The molecule has 5 rings (SSSR count). The Bertz CT molecular complexity index is 1320. The first-order chi connectivity index (χ1) is 16.6. The molecule has 2 aromatic heterocycles. The predicted molar refractivity (Wildman–Crippen MR) is 128 cm³/mol. The molecule has 1 aliphatic rings. The molecule has 4 aromatic rings. The highest BCUT2D eigenvalue weighted by atomic mass is 19.1. The van der Waals surface area contributed by atoms with Crippen molar-refractivity contribution >= 4 is 22.5 Å². The van der Waals surface area contributed by atoms with Gasteiger partial charge in [0.2, 0.25) is 0 Å². The van der Waals surface area contributed by atoms with Gasteiger partial charge in [-0.15, -0.1) is 0 Å². The molecule has 0 radical (unpaired) electrons. The van der Waals surface area contributed by atoms with Crippen molar-refractivity contribution in [2.75, 3.05) is 18.0 Å². The smallest absolute Gasteiger partial charge is 0.321 e. The van der Waals surface area contributed by atoms with Gasteiger partial charge in [-0.3, -0.25) is 9.69 Å². The normalized spacial score (nSPS) is 15.8. The third-order valence-electron chi connectivity index (χ3n) is 5.98. The number of benzene rings is 2. The first kappa shape index (κ1) is 21.9. The molecule has 1 fully saturated rings. The van der Waals surface area contributed by atoms with E-state index in [1.54, 1.807) is 23.2 Å². The van der Waals surface area contributed by atoms with E-state index in [0.29, 0.717) is 12.4 Å². The molecule has 1 N–H and O–H groups in total. The number of fused-ring (bicyclic) bond motifs is 1. The third-order valence-corrected chi connectivity index (χ3v) is 5.98. The monoisotopic (exact) mass is 457 g/mol. The van der Waals surface area contributed by atoms with E-state index < -0.39 is 11.7 Å². The van der Waals surface area contributed by atoms with Gasteiger partial charge in [-0.05, 0) is 61.5 Å². The third kappa shape index (κ3) is 4.32. The van der Waals surface area contributed by atoms with Crippen molar-refractivity contribution in [2.45, 2.75) is 25.8 Å². The van der Waals surface area contributed by atoms with Crippen LogP contribution in [0.5, 0.6) is 11.8 Å². The maximum atomic E-state index is 15.2. The zero-order valence-electron chi connectivity index (χ0n) is 18.7. The Morgan fingerprint density at radius 3 is 2.71 bits per heavy atom. The number of nitrogens with one attached hydrogen (secondary N) is 1. The number of ether oxygens (including phenoxy) is 1. The number of amides is 1. The molecule has 1 amide bonds. The lowest BCUT2D eigenvalue weighted by molar-refractivity contribution is 0.0968. The molecule has 1 atom stereocenters. The van der Waals surface area contributed by atoms with E-state index in [2.05, 4.69) is 20.3 Å². The fourth-order valence-electron chi connectivity index (χ4n) is 4.36. The molecule has 1 saturated heterocycles. The minimum atomic E-state index is -0.677. The predicted octanol–water partition coefficient (Wildman–Crippen LogP) is 4.66. The molecule has 0 saturated carbocycles. The maximum absolute atomic E-state index is 15.2. The van der Waals surface area contributed by atoms with Gasteiger partial charge in [0.1, 0.15) is 17.4 Å². The van der Waals surface area contributed by atoms with Crippen LogP contribution in [0, 0.1) is 12.7 Å². The van der Waals surface area contributed by atoms with Crippen LogP contribution in [0.15, 0.2) is 67.1 Å². The highest BCUT2D eigenvalue weighted by Crippen LogP contribution is 2.32. The van der Waals surface area contributed by atoms with Crippen LogP contribution < -0.4 is 15.0 Å². The minimum absolute atomic E-state index is 0.0423. The number of carbonyl (C=O) groups excluding carboxylic acids is 1. The van der Waals surface area contributed by atoms with Crippen LogP contribution in [0.3, 0.4) is 0 Å². The van der Waals surface area contributed by atoms with Gasteiger partial charge in [-0.1, -0.05) is 18.2 Å². The van der Waals surface area contributed by atoms with Crippen molar-refractivity contribution in [1.29, 1.82) is 0 Å². The van der Waals surface area contributed by atoms with Crippen molar-refractivity contribution in [3.05, 3.63) is 84.1 Å². The van der Waals surface area contributed by atoms with Crippen LogP contribution in [-0.2, 0) is 0 Å². The Balaban J connectivity index is 1.55. The molecule has 3 heterocycles. The number of anilines is 1. The first-order valence-electron chi connectivity index (χ1n) is 11.2.